The monoisotopic (exact) mass is 712 g/mol. The van der Waals surface area contributed by atoms with E-state index < -0.39 is 61.5 Å². The summed E-state index contributed by atoms with van der Waals surface area (Å²) in [5.41, 5.74) is 0. The van der Waals surface area contributed by atoms with Crippen LogP contribution in [-0.4, -0.2) is 98.7 Å². The Morgan fingerprint density at radius 1 is 0.680 bits per heavy atom. The average Bonchev–Trinajstić information content (AvgIpc) is 3.11. The van der Waals surface area contributed by atoms with Crippen molar-refractivity contribution in [2.24, 2.45) is 0 Å². The number of aliphatic hydroxyl groups is 6. The van der Waals surface area contributed by atoms with Crippen molar-refractivity contribution in [1.29, 1.82) is 0 Å². The van der Waals surface area contributed by atoms with Crippen LogP contribution in [0.3, 0.4) is 0 Å². The van der Waals surface area contributed by atoms with E-state index in [1.165, 1.54) is 70.6 Å². The first-order valence-corrected chi connectivity index (χ1v) is 19.8. The Labute approximate surface area is 303 Å². The lowest BCUT2D eigenvalue weighted by atomic mass is 9.99. The Kier molecular flexibility index (Phi) is 28.7. The molecule has 10 heteroatoms. The third kappa shape index (κ3) is 21.7. The Bertz CT molecular complexity index is 896. The summed E-state index contributed by atoms with van der Waals surface area (Å²) < 4.78 is 11.1. The molecule has 0 aromatic rings. The van der Waals surface area contributed by atoms with Crippen molar-refractivity contribution in [3.05, 3.63) is 36.5 Å². The number of nitrogens with one attached hydrogen (secondary N) is 1. The SMILES string of the molecule is CCCCC/C=C\CCCCCCC(O)C(=O)NC(COC1OC(CO)C(O)C(O)C1O)C(O)/C=C/CC/C=C/CCCCCCCCCC. The molecule has 10 nitrogen and oxygen atoms in total. The molecule has 292 valence electrons. The van der Waals surface area contributed by atoms with Gasteiger partial charge in [-0.3, -0.25) is 4.79 Å². The number of allylic oxidation sites excluding steroid dienone is 5. The fraction of sp³-hybridized carbons (Fsp3) is 0.825. The molecule has 50 heavy (non-hydrogen) atoms. The molecule has 1 aliphatic rings. The first-order chi connectivity index (χ1) is 24.3. The standard InChI is InChI=1S/C40H73NO9/c1-3-5-7-9-11-13-15-16-17-19-20-22-24-26-28-33(43)32(31-49-40-38(47)37(46)36(45)35(30-42)50-40)41-39(48)34(44)29-27-25-23-21-18-14-12-10-8-6-4-2/h12,14,19-20,26,28,32-38,40,42-47H,3-11,13,15-18,21-25,27,29-31H2,1-2H3,(H,41,48)/b14-12-,20-19+,28-26+. The number of hydrogen-bond acceptors (Lipinski definition) is 9. The summed E-state index contributed by atoms with van der Waals surface area (Å²) in [6, 6.07) is -0.998. The number of carbonyl (C=O) groups excluding carboxylic acids is 1. The molecule has 0 aromatic heterocycles. The third-order valence-corrected chi connectivity index (χ3v) is 9.29. The van der Waals surface area contributed by atoms with Gasteiger partial charge < -0.3 is 45.4 Å². The maximum atomic E-state index is 12.9. The summed E-state index contributed by atoms with van der Waals surface area (Å²) in [5.74, 6) is -0.640. The van der Waals surface area contributed by atoms with E-state index >= 15 is 0 Å². The van der Waals surface area contributed by atoms with E-state index in [1.807, 2.05) is 6.08 Å². The molecule has 0 saturated carbocycles. The van der Waals surface area contributed by atoms with Crippen LogP contribution in [0.5, 0.6) is 0 Å². The molecule has 1 heterocycles. The number of rotatable bonds is 31. The van der Waals surface area contributed by atoms with Gasteiger partial charge in [0.15, 0.2) is 6.29 Å². The minimum Gasteiger partial charge on any atom is -0.394 e. The molecule has 0 bridgehead atoms. The van der Waals surface area contributed by atoms with Gasteiger partial charge in [-0.15, -0.1) is 0 Å². The smallest absolute Gasteiger partial charge is 0.249 e. The molecule has 1 aliphatic heterocycles. The summed E-state index contributed by atoms with van der Waals surface area (Å²) in [6.45, 7) is 3.51. The highest BCUT2D eigenvalue weighted by atomic mass is 16.7. The van der Waals surface area contributed by atoms with E-state index in [0.29, 0.717) is 12.8 Å². The van der Waals surface area contributed by atoms with Crippen LogP contribution in [0.4, 0.5) is 0 Å². The van der Waals surface area contributed by atoms with Crippen LogP contribution in [0.15, 0.2) is 36.5 Å². The van der Waals surface area contributed by atoms with E-state index in [1.54, 1.807) is 6.08 Å². The maximum Gasteiger partial charge on any atom is 0.249 e. The van der Waals surface area contributed by atoms with Crippen LogP contribution < -0.4 is 5.32 Å². The molecular formula is C40H73NO9. The molecule has 1 saturated heterocycles. The van der Waals surface area contributed by atoms with Gasteiger partial charge in [-0.25, -0.2) is 0 Å². The van der Waals surface area contributed by atoms with Crippen molar-refractivity contribution in [2.45, 2.75) is 198 Å². The van der Waals surface area contributed by atoms with Crippen LogP contribution in [-0.2, 0) is 14.3 Å². The van der Waals surface area contributed by atoms with Gasteiger partial charge in [0, 0.05) is 0 Å². The normalized spacial score (nSPS) is 23.2. The number of hydrogen-bond donors (Lipinski definition) is 7. The Morgan fingerprint density at radius 2 is 1.18 bits per heavy atom. The zero-order valence-electron chi connectivity index (χ0n) is 31.3. The predicted molar refractivity (Wildman–Crippen MR) is 199 cm³/mol. The zero-order chi connectivity index (χ0) is 36.8. The van der Waals surface area contributed by atoms with Crippen LogP contribution >= 0.6 is 0 Å². The predicted octanol–water partition coefficient (Wildman–Crippen LogP) is 5.91. The number of amides is 1. The van der Waals surface area contributed by atoms with Crippen molar-refractivity contribution >= 4 is 5.91 Å². The molecule has 0 aliphatic carbocycles. The van der Waals surface area contributed by atoms with Crippen molar-refractivity contribution in [1.82, 2.24) is 5.32 Å². The largest absolute Gasteiger partial charge is 0.394 e. The zero-order valence-corrected chi connectivity index (χ0v) is 31.3. The number of ether oxygens (including phenoxy) is 2. The Morgan fingerprint density at radius 3 is 1.78 bits per heavy atom. The van der Waals surface area contributed by atoms with Crippen molar-refractivity contribution in [3.63, 3.8) is 0 Å². The van der Waals surface area contributed by atoms with Gasteiger partial charge in [0.2, 0.25) is 5.91 Å². The molecule has 8 atom stereocenters. The molecule has 1 fully saturated rings. The fourth-order valence-electron chi connectivity index (χ4n) is 5.93. The highest BCUT2D eigenvalue weighted by molar-refractivity contribution is 5.80. The summed E-state index contributed by atoms with van der Waals surface area (Å²) in [4.78, 5) is 12.9. The van der Waals surface area contributed by atoms with E-state index in [0.717, 1.165) is 44.9 Å². The van der Waals surface area contributed by atoms with Crippen LogP contribution in [0, 0.1) is 0 Å². The molecule has 1 rings (SSSR count). The highest BCUT2D eigenvalue weighted by Gasteiger charge is 2.44. The summed E-state index contributed by atoms with van der Waals surface area (Å²) in [5, 5.41) is 64.2. The minimum absolute atomic E-state index is 0.288. The van der Waals surface area contributed by atoms with Crippen LogP contribution in [0.2, 0.25) is 0 Å². The molecular weight excluding hydrogens is 638 g/mol. The topological polar surface area (TPSA) is 169 Å². The van der Waals surface area contributed by atoms with E-state index in [-0.39, 0.29) is 13.0 Å². The van der Waals surface area contributed by atoms with Gasteiger partial charge >= 0.3 is 0 Å². The molecule has 0 radical (unpaired) electrons. The van der Waals surface area contributed by atoms with Gasteiger partial charge in [0.1, 0.15) is 30.5 Å². The van der Waals surface area contributed by atoms with Gasteiger partial charge in [0.25, 0.3) is 0 Å². The van der Waals surface area contributed by atoms with Crippen molar-refractivity contribution in [2.75, 3.05) is 13.2 Å². The molecule has 8 unspecified atom stereocenters. The summed E-state index contributed by atoms with van der Waals surface area (Å²) in [6.07, 6.45) is 25.2. The quantitative estimate of drug-likeness (QED) is 0.0342. The molecule has 0 spiro atoms. The van der Waals surface area contributed by atoms with Gasteiger partial charge in [0.05, 0.1) is 25.4 Å². The van der Waals surface area contributed by atoms with Crippen molar-refractivity contribution in [3.8, 4) is 0 Å². The lowest BCUT2D eigenvalue weighted by molar-refractivity contribution is -0.302. The minimum atomic E-state index is -1.61. The molecule has 0 aromatic carbocycles. The lowest BCUT2D eigenvalue weighted by Gasteiger charge is -2.40. The Balaban J connectivity index is 2.56. The summed E-state index contributed by atoms with van der Waals surface area (Å²) >= 11 is 0. The first-order valence-electron chi connectivity index (χ1n) is 19.8. The molecule has 7 N–H and O–H groups in total. The highest BCUT2D eigenvalue weighted by Crippen LogP contribution is 2.22. The average molecular weight is 712 g/mol. The van der Waals surface area contributed by atoms with E-state index in [9.17, 15) is 35.4 Å². The summed E-state index contributed by atoms with van der Waals surface area (Å²) in [7, 11) is 0. The maximum absolute atomic E-state index is 12.9. The van der Waals surface area contributed by atoms with Crippen LogP contribution in [0.1, 0.15) is 149 Å². The molecule has 1 amide bonds. The number of unbranched alkanes of at least 4 members (excludes halogenated alkanes) is 16. The first kappa shape index (κ1) is 46.4. The van der Waals surface area contributed by atoms with Gasteiger partial charge in [-0.1, -0.05) is 127 Å². The fourth-order valence-corrected chi connectivity index (χ4v) is 5.93. The van der Waals surface area contributed by atoms with Crippen LogP contribution in [0.25, 0.3) is 0 Å². The number of aliphatic hydroxyl groups excluding tert-OH is 6. The lowest BCUT2D eigenvalue weighted by Crippen LogP contribution is -2.60. The second-order valence-corrected chi connectivity index (χ2v) is 13.9. The van der Waals surface area contributed by atoms with E-state index in [2.05, 4.69) is 43.5 Å². The van der Waals surface area contributed by atoms with Crippen molar-refractivity contribution < 1.29 is 44.9 Å². The van der Waals surface area contributed by atoms with E-state index in [4.69, 9.17) is 9.47 Å². The van der Waals surface area contributed by atoms with Gasteiger partial charge in [-0.2, -0.15) is 0 Å². The second kappa shape index (κ2) is 30.9. The second-order valence-electron chi connectivity index (χ2n) is 13.9. The number of carbonyl (C=O) groups is 1. The van der Waals surface area contributed by atoms with Gasteiger partial charge in [-0.05, 0) is 57.8 Å². The third-order valence-electron chi connectivity index (χ3n) is 9.29. The Hall–Kier alpha value is -1.63.